The highest BCUT2D eigenvalue weighted by Crippen LogP contribution is 2.12. The van der Waals surface area contributed by atoms with E-state index in [0.717, 1.165) is 25.9 Å². The van der Waals surface area contributed by atoms with E-state index >= 15 is 0 Å². The third-order valence-electron chi connectivity index (χ3n) is 2.60. The molecule has 1 aromatic rings. The molecule has 2 N–H and O–H groups in total. The van der Waals surface area contributed by atoms with Crippen LogP contribution in [0.1, 0.15) is 19.3 Å². The molecule has 0 aromatic carbocycles. The SMILES string of the molecule is O=C(Nc1ccnc(Cl)c1)NN1CCCCC1. The maximum atomic E-state index is 11.7. The molecule has 0 spiro atoms. The smallest absolute Gasteiger partial charge is 0.307 e. The third-order valence-corrected chi connectivity index (χ3v) is 2.81. The molecule has 17 heavy (non-hydrogen) atoms. The molecule has 1 aliphatic heterocycles. The van der Waals surface area contributed by atoms with Gasteiger partial charge in [-0.05, 0) is 25.0 Å². The zero-order valence-corrected chi connectivity index (χ0v) is 10.2. The van der Waals surface area contributed by atoms with Gasteiger partial charge in [0.05, 0.1) is 0 Å². The van der Waals surface area contributed by atoms with E-state index in [-0.39, 0.29) is 6.03 Å². The monoisotopic (exact) mass is 254 g/mol. The van der Waals surface area contributed by atoms with Crippen molar-refractivity contribution in [3.8, 4) is 0 Å². The van der Waals surface area contributed by atoms with Crippen molar-refractivity contribution in [2.45, 2.75) is 19.3 Å². The average molecular weight is 255 g/mol. The molecule has 2 amide bonds. The number of rotatable bonds is 2. The summed E-state index contributed by atoms with van der Waals surface area (Å²) in [5.41, 5.74) is 3.45. The molecular weight excluding hydrogens is 240 g/mol. The second kappa shape index (κ2) is 5.84. The highest BCUT2D eigenvalue weighted by Gasteiger charge is 2.12. The fourth-order valence-corrected chi connectivity index (χ4v) is 1.96. The number of hydrazine groups is 1. The number of piperidine rings is 1. The summed E-state index contributed by atoms with van der Waals surface area (Å²) in [5.74, 6) is 0. The zero-order chi connectivity index (χ0) is 12.1. The molecule has 92 valence electrons. The normalized spacial score (nSPS) is 16.5. The summed E-state index contributed by atoms with van der Waals surface area (Å²) in [7, 11) is 0. The fraction of sp³-hybridized carbons (Fsp3) is 0.455. The lowest BCUT2D eigenvalue weighted by molar-refractivity contribution is 0.162. The summed E-state index contributed by atoms with van der Waals surface area (Å²) in [6.07, 6.45) is 5.04. The Labute approximate surface area is 105 Å². The van der Waals surface area contributed by atoms with Gasteiger partial charge in [0.2, 0.25) is 0 Å². The largest absolute Gasteiger partial charge is 0.333 e. The molecule has 0 bridgehead atoms. The first-order valence-corrected chi connectivity index (χ1v) is 6.06. The standard InChI is InChI=1S/C11H15ClN4O/c12-10-8-9(4-5-13-10)14-11(17)15-16-6-2-1-3-7-16/h4-5,8H,1-3,6-7H2,(H2,13,14,15,17). The lowest BCUT2D eigenvalue weighted by atomic mass is 10.2. The summed E-state index contributed by atoms with van der Waals surface area (Å²) < 4.78 is 0. The van der Waals surface area contributed by atoms with Crippen LogP contribution in [-0.2, 0) is 0 Å². The van der Waals surface area contributed by atoms with Gasteiger partial charge in [0.1, 0.15) is 5.15 Å². The van der Waals surface area contributed by atoms with E-state index < -0.39 is 0 Å². The van der Waals surface area contributed by atoms with Gasteiger partial charge in [-0.15, -0.1) is 0 Å². The predicted molar refractivity (Wildman–Crippen MR) is 66.8 cm³/mol. The second-order valence-corrected chi connectivity index (χ2v) is 4.37. The molecule has 0 saturated carbocycles. The lowest BCUT2D eigenvalue weighted by Gasteiger charge is -2.26. The molecule has 0 aliphatic carbocycles. The number of carbonyl (C=O) groups is 1. The van der Waals surface area contributed by atoms with E-state index in [1.165, 1.54) is 6.42 Å². The highest BCUT2D eigenvalue weighted by atomic mass is 35.5. The number of carbonyl (C=O) groups excluding carboxylic acids is 1. The van der Waals surface area contributed by atoms with Crippen molar-refractivity contribution in [2.24, 2.45) is 0 Å². The summed E-state index contributed by atoms with van der Waals surface area (Å²) in [6, 6.07) is 3.06. The van der Waals surface area contributed by atoms with Crippen LogP contribution in [0.25, 0.3) is 0 Å². The van der Waals surface area contributed by atoms with E-state index in [1.54, 1.807) is 18.3 Å². The van der Waals surface area contributed by atoms with E-state index in [9.17, 15) is 4.79 Å². The summed E-state index contributed by atoms with van der Waals surface area (Å²) in [4.78, 5) is 15.5. The number of pyridine rings is 1. The number of nitrogens with zero attached hydrogens (tertiary/aromatic N) is 2. The first kappa shape index (κ1) is 12.1. The van der Waals surface area contributed by atoms with Gasteiger partial charge in [0.25, 0.3) is 0 Å². The van der Waals surface area contributed by atoms with Crippen LogP contribution in [0.4, 0.5) is 10.5 Å². The number of halogens is 1. The van der Waals surface area contributed by atoms with Gasteiger partial charge in [0.15, 0.2) is 0 Å². The van der Waals surface area contributed by atoms with E-state index in [0.29, 0.717) is 10.8 Å². The Kier molecular flexibility index (Phi) is 4.17. The molecule has 6 heteroatoms. The number of amides is 2. The van der Waals surface area contributed by atoms with Gasteiger partial charge in [0, 0.05) is 25.0 Å². The van der Waals surface area contributed by atoms with E-state index in [2.05, 4.69) is 15.7 Å². The highest BCUT2D eigenvalue weighted by molar-refractivity contribution is 6.29. The van der Waals surface area contributed by atoms with Crippen molar-refractivity contribution in [2.75, 3.05) is 18.4 Å². The Morgan fingerprint density at radius 1 is 1.35 bits per heavy atom. The van der Waals surface area contributed by atoms with Crippen molar-refractivity contribution in [3.63, 3.8) is 0 Å². The summed E-state index contributed by atoms with van der Waals surface area (Å²) in [6.45, 7) is 1.81. The maximum Gasteiger partial charge on any atom is 0.333 e. The van der Waals surface area contributed by atoms with Crippen molar-refractivity contribution in [1.29, 1.82) is 0 Å². The zero-order valence-electron chi connectivity index (χ0n) is 9.45. The molecule has 1 saturated heterocycles. The molecule has 0 atom stereocenters. The fourth-order valence-electron chi connectivity index (χ4n) is 1.79. The van der Waals surface area contributed by atoms with Gasteiger partial charge in [-0.3, -0.25) is 5.43 Å². The van der Waals surface area contributed by atoms with Crippen molar-refractivity contribution < 1.29 is 4.79 Å². The number of aromatic nitrogens is 1. The number of urea groups is 1. The molecule has 2 rings (SSSR count). The van der Waals surface area contributed by atoms with Crippen LogP contribution in [0.5, 0.6) is 0 Å². The van der Waals surface area contributed by atoms with Crippen molar-refractivity contribution in [3.05, 3.63) is 23.5 Å². The van der Waals surface area contributed by atoms with Gasteiger partial charge < -0.3 is 5.32 Å². The molecule has 1 aliphatic rings. The van der Waals surface area contributed by atoms with Crippen molar-refractivity contribution >= 4 is 23.3 Å². The minimum absolute atomic E-state index is 0.242. The van der Waals surface area contributed by atoms with Crippen LogP contribution >= 0.6 is 11.6 Å². The molecule has 0 unspecified atom stereocenters. The number of anilines is 1. The van der Waals surface area contributed by atoms with E-state index in [1.807, 2.05) is 5.01 Å². The van der Waals surface area contributed by atoms with Gasteiger partial charge in [-0.1, -0.05) is 18.0 Å². The second-order valence-electron chi connectivity index (χ2n) is 3.98. The number of hydrogen-bond acceptors (Lipinski definition) is 3. The molecule has 1 fully saturated rings. The Morgan fingerprint density at radius 2 is 2.12 bits per heavy atom. The van der Waals surface area contributed by atoms with Crippen molar-refractivity contribution in [1.82, 2.24) is 15.4 Å². The molecule has 1 aromatic heterocycles. The van der Waals surface area contributed by atoms with Gasteiger partial charge >= 0.3 is 6.03 Å². The summed E-state index contributed by atoms with van der Waals surface area (Å²) in [5, 5.41) is 5.01. The Hall–Kier alpha value is -1.33. The van der Waals surface area contributed by atoms with Gasteiger partial charge in [-0.25, -0.2) is 14.8 Å². The van der Waals surface area contributed by atoms with Crippen LogP contribution in [0.2, 0.25) is 5.15 Å². The molecular formula is C11H15ClN4O. The Balaban J connectivity index is 1.84. The Morgan fingerprint density at radius 3 is 2.82 bits per heavy atom. The van der Waals surface area contributed by atoms with E-state index in [4.69, 9.17) is 11.6 Å². The minimum Gasteiger partial charge on any atom is -0.307 e. The molecule has 2 heterocycles. The number of nitrogens with one attached hydrogen (secondary N) is 2. The van der Waals surface area contributed by atoms with Crippen LogP contribution in [0.3, 0.4) is 0 Å². The first-order chi connectivity index (χ1) is 8.24. The van der Waals surface area contributed by atoms with Crippen LogP contribution in [0, 0.1) is 0 Å². The Bertz CT molecular complexity index is 393. The van der Waals surface area contributed by atoms with Gasteiger partial charge in [-0.2, -0.15) is 0 Å². The first-order valence-electron chi connectivity index (χ1n) is 5.68. The quantitative estimate of drug-likeness (QED) is 0.796. The predicted octanol–water partition coefficient (Wildman–Crippen LogP) is 2.26. The average Bonchev–Trinajstić information content (AvgIpc) is 2.30. The number of hydrogen-bond donors (Lipinski definition) is 2. The maximum absolute atomic E-state index is 11.7. The van der Waals surface area contributed by atoms with Crippen LogP contribution < -0.4 is 10.7 Å². The molecule has 5 nitrogen and oxygen atoms in total. The van der Waals surface area contributed by atoms with Crippen LogP contribution in [0.15, 0.2) is 18.3 Å². The topological polar surface area (TPSA) is 57.3 Å². The third kappa shape index (κ3) is 3.87. The summed E-state index contributed by atoms with van der Waals surface area (Å²) >= 11 is 5.73. The molecule has 0 radical (unpaired) electrons. The lowest BCUT2D eigenvalue weighted by Crippen LogP contribution is -2.46. The minimum atomic E-state index is -0.242. The van der Waals surface area contributed by atoms with Crippen LogP contribution in [-0.4, -0.2) is 29.1 Å².